The van der Waals surface area contributed by atoms with Gasteiger partial charge < -0.3 is 4.74 Å². The first-order chi connectivity index (χ1) is 5.77. The zero-order chi connectivity index (χ0) is 8.55. The van der Waals surface area contributed by atoms with Gasteiger partial charge >= 0.3 is 0 Å². The Morgan fingerprint density at radius 3 is 2.92 bits per heavy atom. The Morgan fingerprint density at radius 1 is 1.50 bits per heavy atom. The van der Waals surface area contributed by atoms with E-state index in [9.17, 15) is 4.39 Å². The second kappa shape index (κ2) is 3.19. The number of hydrogen-bond acceptors (Lipinski definition) is 1. The fourth-order valence-electron chi connectivity index (χ4n) is 1.14. The molecule has 0 aromatic rings. The molecule has 0 aliphatic heterocycles. The number of ether oxygens (including phenoxy) is 1. The van der Waals surface area contributed by atoms with Gasteiger partial charge in [0.05, 0.1) is 11.1 Å². The minimum absolute atomic E-state index is 0.239. The Kier molecular flexibility index (Phi) is 2.20. The van der Waals surface area contributed by atoms with Crippen LogP contribution in [0.3, 0.4) is 0 Å². The van der Waals surface area contributed by atoms with E-state index in [2.05, 4.69) is 0 Å². The van der Waals surface area contributed by atoms with Gasteiger partial charge in [-0.1, -0.05) is 23.8 Å². The van der Waals surface area contributed by atoms with E-state index in [-0.39, 0.29) is 11.1 Å². The number of hydrogen-bond donors (Lipinski definition) is 0. The highest BCUT2D eigenvalue weighted by molar-refractivity contribution is 6.30. The van der Waals surface area contributed by atoms with Crippen LogP contribution in [0.4, 0.5) is 4.39 Å². The molecule has 2 aliphatic carbocycles. The van der Waals surface area contributed by atoms with Gasteiger partial charge in [0.2, 0.25) is 0 Å². The topological polar surface area (TPSA) is 9.23 Å². The average Bonchev–Trinajstić information content (AvgIpc) is 2.83. The van der Waals surface area contributed by atoms with E-state index >= 15 is 0 Å². The first-order valence-electron chi connectivity index (χ1n) is 4.11. The lowest BCUT2D eigenvalue weighted by Crippen LogP contribution is -2.26. The van der Waals surface area contributed by atoms with Gasteiger partial charge in [0.1, 0.15) is 6.10 Å². The molecule has 2 atom stereocenters. The lowest BCUT2D eigenvalue weighted by Gasteiger charge is -2.20. The first kappa shape index (κ1) is 8.27. The van der Waals surface area contributed by atoms with Crippen LogP contribution in [0.2, 0.25) is 0 Å². The number of halogens is 2. The Morgan fingerprint density at radius 2 is 2.25 bits per heavy atom. The monoisotopic (exact) mass is 188 g/mol. The van der Waals surface area contributed by atoms with Crippen molar-refractivity contribution in [1.82, 2.24) is 0 Å². The second-order valence-electron chi connectivity index (χ2n) is 3.14. The van der Waals surface area contributed by atoms with E-state index in [1.54, 1.807) is 18.2 Å². The lowest BCUT2D eigenvalue weighted by atomic mass is 10.1. The maximum Gasteiger partial charge on any atom is 0.165 e. The normalized spacial score (nSPS) is 35.0. The third-order valence-corrected chi connectivity index (χ3v) is 2.32. The summed E-state index contributed by atoms with van der Waals surface area (Å²) in [6.45, 7) is 0. The maximum atomic E-state index is 13.3. The van der Waals surface area contributed by atoms with Gasteiger partial charge in [0.25, 0.3) is 0 Å². The molecule has 0 saturated heterocycles. The van der Waals surface area contributed by atoms with Crippen LogP contribution in [0.5, 0.6) is 0 Å². The van der Waals surface area contributed by atoms with Crippen LogP contribution >= 0.6 is 11.6 Å². The van der Waals surface area contributed by atoms with Crippen molar-refractivity contribution in [3.8, 4) is 0 Å². The summed E-state index contributed by atoms with van der Waals surface area (Å²) in [6, 6.07) is 0. The van der Waals surface area contributed by atoms with Crippen LogP contribution in [0.15, 0.2) is 23.3 Å². The molecule has 3 heteroatoms. The molecule has 0 heterocycles. The van der Waals surface area contributed by atoms with Crippen LogP contribution in [0.25, 0.3) is 0 Å². The highest BCUT2D eigenvalue weighted by Gasteiger charge is 2.31. The number of allylic oxidation sites excluding steroid dienone is 2. The molecule has 1 saturated carbocycles. The fraction of sp³-hybridized carbons (Fsp3) is 0.556. The van der Waals surface area contributed by atoms with Crippen molar-refractivity contribution in [3.63, 3.8) is 0 Å². The van der Waals surface area contributed by atoms with E-state index in [0.717, 1.165) is 12.8 Å². The van der Waals surface area contributed by atoms with Crippen LogP contribution in [-0.4, -0.2) is 18.4 Å². The van der Waals surface area contributed by atoms with E-state index in [1.165, 1.54) is 0 Å². The van der Waals surface area contributed by atoms with Gasteiger partial charge in [-0.3, -0.25) is 0 Å². The van der Waals surface area contributed by atoms with Gasteiger partial charge in [-0.25, -0.2) is 4.39 Å². The zero-order valence-corrected chi connectivity index (χ0v) is 7.30. The molecule has 0 N–H and O–H groups in total. The largest absolute Gasteiger partial charge is 0.367 e. The highest BCUT2D eigenvalue weighted by atomic mass is 35.5. The SMILES string of the molecule is FC1C(Cl)=CC=CC1OC1CC1. The standard InChI is InChI=1S/C9H10ClFO/c10-7-2-1-3-8(9(7)11)12-6-4-5-6/h1-3,6,8-9H,4-5H2. The molecule has 0 aromatic carbocycles. The molecule has 2 unspecified atom stereocenters. The van der Waals surface area contributed by atoms with Crippen molar-refractivity contribution in [2.45, 2.75) is 31.2 Å². The van der Waals surface area contributed by atoms with Crippen LogP contribution < -0.4 is 0 Å². The predicted octanol–water partition coefficient (Wildman–Crippen LogP) is 2.56. The van der Waals surface area contributed by atoms with Crippen LogP contribution in [-0.2, 0) is 4.74 Å². The number of alkyl halides is 1. The molecule has 66 valence electrons. The van der Waals surface area contributed by atoms with Crippen molar-refractivity contribution in [3.05, 3.63) is 23.3 Å². The maximum absolute atomic E-state index is 13.3. The Bertz CT molecular complexity index is 233. The summed E-state index contributed by atoms with van der Waals surface area (Å²) in [5.74, 6) is 0. The molecule has 0 aromatic heterocycles. The molecule has 0 bridgehead atoms. The molecule has 0 radical (unpaired) electrons. The Balaban J connectivity index is 1.97. The lowest BCUT2D eigenvalue weighted by molar-refractivity contribution is 0.0302. The summed E-state index contributed by atoms with van der Waals surface area (Å²) < 4.78 is 18.7. The summed E-state index contributed by atoms with van der Waals surface area (Å²) in [6.07, 6.45) is 5.77. The fourth-order valence-corrected chi connectivity index (χ4v) is 1.34. The van der Waals surface area contributed by atoms with Crippen LogP contribution in [0, 0.1) is 0 Å². The average molecular weight is 189 g/mol. The van der Waals surface area contributed by atoms with Gasteiger partial charge in [0, 0.05) is 0 Å². The highest BCUT2D eigenvalue weighted by Crippen LogP contribution is 2.30. The minimum atomic E-state index is -1.17. The van der Waals surface area contributed by atoms with E-state index in [0.29, 0.717) is 0 Å². The molecular formula is C9H10ClFO. The van der Waals surface area contributed by atoms with E-state index in [4.69, 9.17) is 16.3 Å². The quantitative estimate of drug-likeness (QED) is 0.647. The second-order valence-corrected chi connectivity index (χ2v) is 3.57. The summed E-state index contributed by atoms with van der Waals surface area (Å²) in [5, 5.41) is 0.239. The number of rotatable bonds is 2. The molecule has 2 rings (SSSR count). The summed E-state index contributed by atoms with van der Waals surface area (Å²) in [4.78, 5) is 0. The third kappa shape index (κ3) is 1.70. The zero-order valence-electron chi connectivity index (χ0n) is 6.54. The Hall–Kier alpha value is -0.340. The van der Waals surface area contributed by atoms with Crippen molar-refractivity contribution in [2.24, 2.45) is 0 Å². The van der Waals surface area contributed by atoms with Gasteiger partial charge in [-0.2, -0.15) is 0 Å². The predicted molar refractivity (Wildman–Crippen MR) is 45.9 cm³/mol. The summed E-state index contributed by atoms with van der Waals surface area (Å²) in [7, 11) is 0. The van der Waals surface area contributed by atoms with Gasteiger partial charge in [-0.15, -0.1) is 0 Å². The minimum Gasteiger partial charge on any atom is -0.367 e. The van der Waals surface area contributed by atoms with Crippen molar-refractivity contribution in [1.29, 1.82) is 0 Å². The van der Waals surface area contributed by atoms with Gasteiger partial charge in [-0.05, 0) is 18.9 Å². The third-order valence-electron chi connectivity index (χ3n) is 1.98. The summed E-state index contributed by atoms with van der Waals surface area (Å²) >= 11 is 5.62. The van der Waals surface area contributed by atoms with E-state index in [1.807, 2.05) is 0 Å². The van der Waals surface area contributed by atoms with Crippen molar-refractivity contribution < 1.29 is 9.13 Å². The molecule has 2 aliphatic rings. The van der Waals surface area contributed by atoms with Gasteiger partial charge in [0.15, 0.2) is 6.17 Å². The molecule has 1 fully saturated rings. The Labute approximate surface area is 75.9 Å². The molecular weight excluding hydrogens is 179 g/mol. The molecule has 0 amide bonds. The van der Waals surface area contributed by atoms with E-state index < -0.39 is 12.3 Å². The first-order valence-corrected chi connectivity index (χ1v) is 4.48. The molecule has 1 nitrogen and oxygen atoms in total. The molecule has 0 spiro atoms. The van der Waals surface area contributed by atoms with Crippen molar-refractivity contribution >= 4 is 11.6 Å². The smallest absolute Gasteiger partial charge is 0.165 e. The molecule has 12 heavy (non-hydrogen) atoms. The van der Waals surface area contributed by atoms with Crippen molar-refractivity contribution in [2.75, 3.05) is 0 Å². The van der Waals surface area contributed by atoms with Crippen LogP contribution in [0.1, 0.15) is 12.8 Å². The summed E-state index contributed by atoms with van der Waals surface area (Å²) in [5.41, 5.74) is 0.